The largest absolute Gasteiger partial charge is 0.360 e. The van der Waals surface area contributed by atoms with Gasteiger partial charge in [0, 0.05) is 18.7 Å². The fraction of sp³-hybridized carbons (Fsp3) is 0.182. The van der Waals surface area contributed by atoms with Gasteiger partial charge in [-0.05, 0) is 42.7 Å². The molecule has 0 saturated heterocycles. The van der Waals surface area contributed by atoms with Crippen LogP contribution in [0.5, 0.6) is 0 Å². The standard InChI is InChI=1S/C22H18ClFN2O2/c1-14-20(21(25-28-14)18-4-2-3-5-19(18)23)22(27)26-12-10-16(11-13-26)15-6-8-17(24)9-7-15/h2-10H,11-13H2,1H3. The smallest absolute Gasteiger partial charge is 0.260 e. The van der Waals surface area contributed by atoms with Crippen molar-refractivity contribution in [2.75, 3.05) is 13.1 Å². The van der Waals surface area contributed by atoms with E-state index in [0.29, 0.717) is 47.1 Å². The molecule has 0 N–H and O–H groups in total. The van der Waals surface area contributed by atoms with Crippen molar-refractivity contribution in [1.82, 2.24) is 10.1 Å². The van der Waals surface area contributed by atoms with Gasteiger partial charge in [0.15, 0.2) is 0 Å². The highest BCUT2D eigenvalue weighted by Gasteiger charge is 2.28. The third-order valence-electron chi connectivity index (χ3n) is 4.92. The van der Waals surface area contributed by atoms with Crippen molar-refractivity contribution in [2.24, 2.45) is 0 Å². The fourth-order valence-electron chi connectivity index (χ4n) is 3.40. The molecule has 2 aromatic carbocycles. The zero-order valence-electron chi connectivity index (χ0n) is 15.3. The van der Waals surface area contributed by atoms with Crippen LogP contribution in [0.15, 0.2) is 59.1 Å². The number of carbonyl (C=O) groups is 1. The van der Waals surface area contributed by atoms with E-state index in [1.165, 1.54) is 12.1 Å². The Labute approximate surface area is 167 Å². The van der Waals surface area contributed by atoms with Crippen LogP contribution in [0.2, 0.25) is 5.02 Å². The molecule has 0 fully saturated rings. The summed E-state index contributed by atoms with van der Waals surface area (Å²) in [6.07, 6.45) is 2.70. The Morgan fingerprint density at radius 1 is 1.18 bits per heavy atom. The second kappa shape index (κ2) is 7.60. The highest BCUT2D eigenvalue weighted by Crippen LogP contribution is 2.32. The van der Waals surface area contributed by atoms with Gasteiger partial charge in [-0.1, -0.05) is 53.2 Å². The molecule has 0 saturated carbocycles. The summed E-state index contributed by atoms with van der Waals surface area (Å²) in [5.74, 6) is 0.0725. The van der Waals surface area contributed by atoms with Gasteiger partial charge in [-0.15, -0.1) is 0 Å². The van der Waals surface area contributed by atoms with Gasteiger partial charge in [0.05, 0.1) is 5.02 Å². The SMILES string of the molecule is Cc1onc(-c2ccccc2Cl)c1C(=O)N1CC=C(c2ccc(F)cc2)CC1. The Morgan fingerprint density at radius 2 is 1.93 bits per heavy atom. The number of rotatable bonds is 3. The Bertz CT molecular complexity index is 1060. The summed E-state index contributed by atoms with van der Waals surface area (Å²) in [6, 6.07) is 13.7. The Morgan fingerprint density at radius 3 is 2.61 bits per heavy atom. The van der Waals surface area contributed by atoms with Gasteiger partial charge in [0.2, 0.25) is 0 Å². The third kappa shape index (κ3) is 3.45. The van der Waals surface area contributed by atoms with Crippen LogP contribution in [0, 0.1) is 12.7 Å². The number of aryl methyl sites for hydroxylation is 1. The van der Waals surface area contributed by atoms with Gasteiger partial charge in [-0.3, -0.25) is 4.79 Å². The van der Waals surface area contributed by atoms with E-state index in [4.69, 9.17) is 16.1 Å². The minimum Gasteiger partial charge on any atom is -0.360 e. The van der Waals surface area contributed by atoms with E-state index in [9.17, 15) is 9.18 Å². The van der Waals surface area contributed by atoms with Crippen molar-refractivity contribution in [2.45, 2.75) is 13.3 Å². The van der Waals surface area contributed by atoms with Crippen LogP contribution in [0.3, 0.4) is 0 Å². The number of aromatic nitrogens is 1. The molecule has 0 spiro atoms. The number of amides is 1. The van der Waals surface area contributed by atoms with Gasteiger partial charge in [0.25, 0.3) is 5.91 Å². The summed E-state index contributed by atoms with van der Waals surface area (Å²) >= 11 is 6.29. The first-order valence-electron chi connectivity index (χ1n) is 9.00. The molecule has 0 unspecified atom stereocenters. The van der Waals surface area contributed by atoms with Crippen LogP contribution < -0.4 is 0 Å². The molecule has 6 heteroatoms. The molecule has 2 heterocycles. The van der Waals surface area contributed by atoms with Gasteiger partial charge in [0.1, 0.15) is 22.8 Å². The Kier molecular flexibility index (Phi) is 5.01. The summed E-state index contributed by atoms with van der Waals surface area (Å²) in [5, 5.41) is 4.59. The zero-order valence-corrected chi connectivity index (χ0v) is 16.0. The van der Waals surface area contributed by atoms with Crippen LogP contribution in [-0.2, 0) is 0 Å². The highest BCUT2D eigenvalue weighted by molar-refractivity contribution is 6.33. The van der Waals surface area contributed by atoms with E-state index in [-0.39, 0.29) is 11.7 Å². The maximum absolute atomic E-state index is 13.2. The maximum Gasteiger partial charge on any atom is 0.260 e. The number of nitrogens with zero attached hydrogens (tertiary/aromatic N) is 2. The lowest BCUT2D eigenvalue weighted by molar-refractivity contribution is 0.0772. The Hall–Kier alpha value is -2.92. The highest BCUT2D eigenvalue weighted by atomic mass is 35.5. The summed E-state index contributed by atoms with van der Waals surface area (Å²) in [4.78, 5) is 14.9. The molecule has 28 heavy (non-hydrogen) atoms. The van der Waals surface area contributed by atoms with E-state index in [2.05, 4.69) is 5.16 Å². The molecule has 3 aromatic rings. The second-order valence-corrected chi connectivity index (χ2v) is 7.09. The van der Waals surface area contributed by atoms with E-state index in [1.807, 2.05) is 24.3 Å². The van der Waals surface area contributed by atoms with Crippen molar-refractivity contribution in [1.29, 1.82) is 0 Å². The summed E-state index contributed by atoms with van der Waals surface area (Å²) in [7, 11) is 0. The first-order valence-corrected chi connectivity index (χ1v) is 9.38. The molecule has 1 amide bonds. The van der Waals surface area contributed by atoms with Crippen LogP contribution in [0.25, 0.3) is 16.8 Å². The third-order valence-corrected chi connectivity index (χ3v) is 5.25. The van der Waals surface area contributed by atoms with Crippen LogP contribution in [0.4, 0.5) is 4.39 Å². The predicted molar refractivity (Wildman–Crippen MR) is 107 cm³/mol. The molecular weight excluding hydrogens is 379 g/mol. The van der Waals surface area contributed by atoms with Crippen molar-refractivity contribution < 1.29 is 13.7 Å². The lowest BCUT2D eigenvalue weighted by Gasteiger charge is -2.26. The minimum absolute atomic E-state index is 0.136. The fourth-order valence-corrected chi connectivity index (χ4v) is 3.62. The van der Waals surface area contributed by atoms with Crippen molar-refractivity contribution in [3.63, 3.8) is 0 Å². The number of hydrogen-bond acceptors (Lipinski definition) is 3. The van der Waals surface area contributed by atoms with Gasteiger partial charge in [-0.2, -0.15) is 0 Å². The molecule has 1 aliphatic rings. The lowest BCUT2D eigenvalue weighted by Crippen LogP contribution is -2.35. The monoisotopic (exact) mass is 396 g/mol. The molecule has 142 valence electrons. The van der Waals surface area contributed by atoms with E-state index in [1.54, 1.807) is 30.0 Å². The maximum atomic E-state index is 13.2. The van der Waals surface area contributed by atoms with Gasteiger partial charge >= 0.3 is 0 Å². The van der Waals surface area contributed by atoms with Gasteiger partial charge < -0.3 is 9.42 Å². The number of benzene rings is 2. The summed E-state index contributed by atoms with van der Waals surface area (Å²) in [5.41, 5.74) is 3.65. The summed E-state index contributed by atoms with van der Waals surface area (Å²) in [6.45, 7) is 2.76. The lowest BCUT2D eigenvalue weighted by atomic mass is 9.98. The number of halogens is 2. The molecule has 0 radical (unpaired) electrons. The molecular formula is C22H18ClFN2O2. The van der Waals surface area contributed by atoms with Crippen molar-refractivity contribution in [3.05, 3.63) is 82.3 Å². The molecule has 4 nitrogen and oxygen atoms in total. The van der Waals surface area contributed by atoms with E-state index >= 15 is 0 Å². The zero-order chi connectivity index (χ0) is 19.7. The first kappa shape index (κ1) is 18.4. The van der Waals surface area contributed by atoms with Crippen molar-refractivity contribution in [3.8, 4) is 11.3 Å². The molecule has 0 atom stereocenters. The predicted octanol–water partition coefficient (Wildman–Crippen LogP) is 5.37. The van der Waals surface area contributed by atoms with E-state index < -0.39 is 0 Å². The molecule has 0 bridgehead atoms. The Balaban J connectivity index is 1.59. The quantitative estimate of drug-likeness (QED) is 0.597. The number of hydrogen-bond donors (Lipinski definition) is 0. The average molecular weight is 397 g/mol. The minimum atomic E-state index is -0.257. The first-order chi connectivity index (χ1) is 13.5. The molecule has 0 aliphatic carbocycles. The topological polar surface area (TPSA) is 46.3 Å². The molecule has 1 aliphatic heterocycles. The van der Waals surface area contributed by atoms with Crippen molar-refractivity contribution >= 4 is 23.1 Å². The number of carbonyl (C=O) groups excluding carboxylic acids is 1. The van der Waals surface area contributed by atoms with Gasteiger partial charge in [-0.25, -0.2) is 4.39 Å². The van der Waals surface area contributed by atoms with Crippen LogP contribution in [0.1, 0.15) is 28.1 Å². The normalized spacial score (nSPS) is 14.1. The summed E-state index contributed by atoms with van der Waals surface area (Å²) < 4.78 is 18.4. The second-order valence-electron chi connectivity index (χ2n) is 6.68. The van der Waals surface area contributed by atoms with Crippen LogP contribution in [-0.4, -0.2) is 29.1 Å². The molecule has 1 aromatic heterocycles. The van der Waals surface area contributed by atoms with Crippen LogP contribution >= 0.6 is 11.6 Å². The average Bonchev–Trinajstić information content (AvgIpc) is 3.10. The van der Waals surface area contributed by atoms with E-state index in [0.717, 1.165) is 11.1 Å². The molecule has 4 rings (SSSR count).